The van der Waals surface area contributed by atoms with Crippen LogP contribution in [0.4, 0.5) is 10.5 Å². The lowest BCUT2D eigenvalue weighted by Crippen LogP contribution is -2.70. The van der Waals surface area contributed by atoms with E-state index >= 15 is 0 Å². The van der Waals surface area contributed by atoms with Gasteiger partial charge in [-0.05, 0) is 44.2 Å². The van der Waals surface area contributed by atoms with Crippen LogP contribution in [0.25, 0.3) is 0 Å². The zero-order chi connectivity index (χ0) is 20.6. The molecule has 8 nitrogen and oxygen atoms in total. The molecule has 1 fully saturated rings. The molecule has 2 bridgehead atoms. The van der Waals surface area contributed by atoms with E-state index < -0.39 is 23.7 Å². The summed E-state index contributed by atoms with van der Waals surface area (Å²) >= 11 is 0. The fraction of sp³-hybridized carbons (Fsp3) is 0.333. The van der Waals surface area contributed by atoms with Crippen LogP contribution in [-0.4, -0.2) is 31.4 Å². The Morgan fingerprint density at radius 2 is 2.00 bits per heavy atom. The van der Waals surface area contributed by atoms with Crippen LogP contribution in [0.1, 0.15) is 25.5 Å². The molecule has 29 heavy (non-hydrogen) atoms. The van der Waals surface area contributed by atoms with E-state index in [2.05, 4.69) is 16.0 Å². The number of rotatable bonds is 5. The normalized spacial score (nSPS) is 24.3. The Balaban J connectivity index is 1.69. The minimum atomic E-state index is -1.23. The number of benzene rings is 2. The maximum Gasteiger partial charge on any atom is 0.318 e. The van der Waals surface area contributed by atoms with E-state index in [-0.39, 0.29) is 5.91 Å². The minimum absolute atomic E-state index is 0.275. The van der Waals surface area contributed by atoms with E-state index in [1.54, 1.807) is 44.4 Å². The van der Waals surface area contributed by atoms with Gasteiger partial charge in [-0.2, -0.15) is 0 Å². The number of para-hydroxylation sites is 1. The number of methoxy groups -OCH3 is 1. The van der Waals surface area contributed by atoms with Crippen molar-refractivity contribution in [2.75, 3.05) is 19.0 Å². The van der Waals surface area contributed by atoms with Crippen LogP contribution in [0.3, 0.4) is 0 Å². The molecule has 3 amide bonds. The van der Waals surface area contributed by atoms with E-state index in [4.69, 9.17) is 14.2 Å². The Morgan fingerprint density at radius 1 is 1.24 bits per heavy atom. The molecule has 3 N–H and O–H groups in total. The highest BCUT2D eigenvalue weighted by atomic mass is 16.5. The molecule has 0 saturated carbocycles. The Hall–Kier alpha value is -3.42. The number of urea groups is 1. The smallest absolute Gasteiger partial charge is 0.318 e. The van der Waals surface area contributed by atoms with Gasteiger partial charge >= 0.3 is 6.03 Å². The SMILES string of the molecule is CCOc1cccc2c1OC1(C)NC(=O)NC2C1C(=O)Nc1ccc(OC)cc1. The first-order valence-electron chi connectivity index (χ1n) is 9.43. The number of nitrogens with one attached hydrogen (secondary N) is 3. The molecule has 0 aromatic heterocycles. The molecule has 2 aliphatic heterocycles. The van der Waals surface area contributed by atoms with E-state index in [1.807, 2.05) is 19.1 Å². The third-order valence-corrected chi connectivity index (χ3v) is 5.17. The van der Waals surface area contributed by atoms with Gasteiger partial charge in [0, 0.05) is 11.3 Å². The van der Waals surface area contributed by atoms with E-state index in [1.165, 1.54) is 0 Å². The molecule has 3 atom stereocenters. The third kappa shape index (κ3) is 3.30. The molecule has 0 radical (unpaired) electrons. The van der Waals surface area contributed by atoms with Crippen LogP contribution in [0.5, 0.6) is 17.2 Å². The van der Waals surface area contributed by atoms with Gasteiger partial charge in [-0.3, -0.25) is 10.1 Å². The molecular weight excluding hydrogens is 374 g/mol. The summed E-state index contributed by atoms with van der Waals surface area (Å²) in [6.45, 7) is 4.06. The molecule has 0 aliphatic carbocycles. The highest BCUT2D eigenvalue weighted by Gasteiger charge is 2.56. The van der Waals surface area contributed by atoms with Crippen LogP contribution >= 0.6 is 0 Å². The van der Waals surface area contributed by atoms with Gasteiger partial charge < -0.3 is 24.8 Å². The van der Waals surface area contributed by atoms with Crippen molar-refractivity contribution in [2.45, 2.75) is 25.6 Å². The summed E-state index contributed by atoms with van der Waals surface area (Å²) in [5.74, 6) is 0.824. The summed E-state index contributed by atoms with van der Waals surface area (Å²) in [6.07, 6.45) is 0. The molecule has 2 aromatic rings. The lowest BCUT2D eigenvalue weighted by molar-refractivity contribution is -0.133. The topological polar surface area (TPSA) is 97.9 Å². The number of hydrogen-bond donors (Lipinski definition) is 3. The van der Waals surface area contributed by atoms with Crippen molar-refractivity contribution in [3.05, 3.63) is 48.0 Å². The van der Waals surface area contributed by atoms with Crippen LogP contribution in [0.15, 0.2) is 42.5 Å². The van der Waals surface area contributed by atoms with Crippen molar-refractivity contribution in [2.24, 2.45) is 5.92 Å². The fourth-order valence-corrected chi connectivity index (χ4v) is 3.89. The Labute approximate surface area is 168 Å². The average molecular weight is 397 g/mol. The molecule has 3 unspecified atom stereocenters. The molecule has 152 valence electrons. The summed E-state index contributed by atoms with van der Waals surface area (Å²) in [6, 6.07) is 11.6. The third-order valence-electron chi connectivity index (χ3n) is 5.17. The molecule has 1 saturated heterocycles. The second-order valence-electron chi connectivity index (χ2n) is 7.09. The van der Waals surface area contributed by atoms with E-state index in [0.717, 1.165) is 0 Å². The van der Waals surface area contributed by atoms with Crippen molar-refractivity contribution in [1.29, 1.82) is 0 Å². The lowest BCUT2D eigenvalue weighted by atomic mass is 9.79. The Morgan fingerprint density at radius 3 is 2.69 bits per heavy atom. The molecule has 2 aliphatic rings. The van der Waals surface area contributed by atoms with Gasteiger partial charge in [0.25, 0.3) is 0 Å². The molecular formula is C21H23N3O5. The summed E-state index contributed by atoms with van der Waals surface area (Å²) < 4.78 is 17.0. The highest BCUT2D eigenvalue weighted by molar-refractivity contribution is 5.96. The summed E-state index contributed by atoms with van der Waals surface area (Å²) in [7, 11) is 1.58. The zero-order valence-corrected chi connectivity index (χ0v) is 16.4. The number of anilines is 1. The number of ether oxygens (including phenoxy) is 3. The van der Waals surface area contributed by atoms with Crippen LogP contribution < -0.4 is 30.2 Å². The number of carbonyl (C=O) groups excluding carboxylic acids is 2. The van der Waals surface area contributed by atoms with Gasteiger partial charge in [0.1, 0.15) is 11.7 Å². The molecule has 2 heterocycles. The summed E-state index contributed by atoms with van der Waals surface area (Å²) in [5, 5.41) is 8.53. The fourth-order valence-electron chi connectivity index (χ4n) is 3.89. The molecule has 2 aromatic carbocycles. The van der Waals surface area contributed by atoms with Gasteiger partial charge in [-0.25, -0.2) is 4.79 Å². The first kappa shape index (κ1) is 18.9. The average Bonchev–Trinajstić information content (AvgIpc) is 2.68. The largest absolute Gasteiger partial charge is 0.497 e. The monoisotopic (exact) mass is 397 g/mol. The van der Waals surface area contributed by atoms with Gasteiger partial charge in [-0.15, -0.1) is 0 Å². The van der Waals surface area contributed by atoms with Crippen LogP contribution in [0, 0.1) is 5.92 Å². The number of carbonyl (C=O) groups is 2. The predicted molar refractivity (Wildman–Crippen MR) is 106 cm³/mol. The van der Waals surface area contributed by atoms with Crippen molar-refractivity contribution in [1.82, 2.24) is 10.6 Å². The lowest BCUT2D eigenvalue weighted by Gasteiger charge is -2.49. The Bertz CT molecular complexity index is 946. The second-order valence-corrected chi connectivity index (χ2v) is 7.09. The van der Waals surface area contributed by atoms with Crippen molar-refractivity contribution >= 4 is 17.6 Å². The number of hydrogen-bond acceptors (Lipinski definition) is 5. The van der Waals surface area contributed by atoms with Crippen molar-refractivity contribution < 1.29 is 23.8 Å². The highest BCUT2D eigenvalue weighted by Crippen LogP contribution is 2.48. The van der Waals surface area contributed by atoms with Crippen molar-refractivity contribution in [3.8, 4) is 17.2 Å². The predicted octanol–water partition coefficient (Wildman–Crippen LogP) is 2.81. The van der Waals surface area contributed by atoms with Gasteiger partial charge in [0.05, 0.1) is 19.8 Å². The van der Waals surface area contributed by atoms with Gasteiger partial charge in [0.15, 0.2) is 17.2 Å². The van der Waals surface area contributed by atoms with Gasteiger partial charge in [0.2, 0.25) is 5.91 Å². The van der Waals surface area contributed by atoms with Gasteiger partial charge in [-0.1, -0.05) is 12.1 Å². The zero-order valence-electron chi connectivity index (χ0n) is 16.4. The maximum absolute atomic E-state index is 13.2. The minimum Gasteiger partial charge on any atom is -0.497 e. The van der Waals surface area contributed by atoms with Crippen LogP contribution in [-0.2, 0) is 4.79 Å². The van der Waals surface area contributed by atoms with E-state index in [0.29, 0.717) is 35.1 Å². The number of fused-ring (bicyclic) bond motifs is 4. The summed E-state index contributed by atoms with van der Waals surface area (Å²) in [5.41, 5.74) is 0.0971. The molecule has 8 heteroatoms. The number of amides is 3. The first-order valence-corrected chi connectivity index (χ1v) is 9.43. The molecule has 0 spiro atoms. The first-order chi connectivity index (χ1) is 13.9. The van der Waals surface area contributed by atoms with Crippen LogP contribution in [0.2, 0.25) is 0 Å². The summed E-state index contributed by atoms with van der Waals surface area (Å²) in [4.78, 5) is 25.4. The molecule has 4 rings (SSSR count). The quantitative estimate of drug-likeness (QED) is 0.721. The second kappa shape index (κ2) is 7.20. The maximum atomic E-state index is 13.2. The standard InChI is InChI=1S/C21H23N3O5/c1-4-28-15-7-5-6-14-17-16(21(2,29-18(14)15)24-20(26)23-17)19(25)22-12-8-10-13(27-3)11-9-12/h5-11,16-17H,4H2,1-3H3,(H,22,25)(H2,23,24,26). The Kier molecular flexibility index (Phi) is 4.70. The van der Waals surface area contributed by atoms with E-state index in [9.17, 15) is 9.59 Å². The van der Waals surface area contributed by atoms with Crippen molar-refractivity contribution in [3.63, 3.8) is 0 Å².